The number of aryl methyl sites for hydroxylation is 3. The SMILES string of the molecule is COC(=O)c1cc(C)sc1NC(=O)c1cc(-c2ccc(C)cc2)nc2c(C)cccc12. The molecule has 0 saturated heterocycles. The van der Waals surface area contributed by atoms with E-state index < -0.39 is 5.97 Å². The number of hydrogen-bond acceptors (Lipinski definition) is 5. The van der Waals surface area contributed by atoms with Crippen molar-refractivity contribution in [3.8, 4) is 11.3 Å². The molecule has 0 aliphatic heterocycles. The molecule has 0 atom stereocenters. The highest BCUT2D eigenvalue weighted by molar-refractivity contribution is 7.16. The molecular formula is C25H22N2O3S. The Morgan fingerprint density at radius 1 is 0.968 bits per heavy atom. The number of hydrogen-bond donors (Lipinski definition) is 1. The Hall–Kier alpha value is -3.51. The molecule has 5 nitrogen and oxygen atoms in total. The Kier molecular flexibility index (Phi) is 5.57. The van der Waals surface area contributed by atoms with Gasteiger partial charge in [0.15, 0.2) is 0 Å². The zero-order valence-electron chi connectivity index (χ0n) is 17.8. The van der Waals surface area contributed by atoms with Gasteiger partial charge in [0.25, 0.3) is 5.91 Å². The summed E-state index contributed by atoms with van der Waals surface area (Å²) in [6, 6.07) is 17.4. The predicted molar refractivity (Wildman–Crippen MR) is 125 cm³/mol. The molecule has 31 heavy (non-hydrogen) atoms. The molecule has 0 saturated carbocycles. The van der Waals surface area contributed by atoms with Crippen LogP contribution in [0.5, 0.6) is 0 Å². The van der Waals surface area contributed by atoms with Gasteiger partial charge in [0, 0.05) is 15.8 Å². The second kappa shape index (κ2) is 8.32. The van der Waals surface area contributed by atoms with E-state index in [-0.39, 0.29) is 5.91 Å². The number of esters is 1. The maximum absolute atomic E-state index is 13.4. The average Bonchev–Trinajstić information content (AvgIpc) is 3.13. The van der Waals surface area contributed by atoms with Crippen LogP contribution in [0.15, 0.2) is 54.6 Å². The maximum Gasteiger partial charge on any atom is 0.340 e. The third kappa shape index (κ3) is 4.07. The van der Waals surface area contributed by atoms with Gasteiger partial charge in [-0.15, -0.1) is 11.3 Å². The number of amides is 1. The summed E-state index contributed by atoms with van der Waals surface area (Å²) in [5, 5.41) is 4.15. The molecule has 0 aliphatic rings. The third-order valence-corrected chi connectivity index (χ3v) is 6.09. The van der Waals surface area contributed by atoms with Gasteiger partial charge in [-0.05, 0) is 38.5 Å². The number of para-hydroxylation sites is 1. The van der Waals surface area contributed by atoms with Crippen LogP contribution in [-0.4, -0.2) is 24.0 Å². The highest BCUT2D eigenvalue weighted by Gasteiger charge is 2.20. The van der Waals surface area contributed by atoms with Crippen molar-refractivity contribution in [3.05, 3.63) is 81.7 Å². The van der Waals surface area contributed by atoms with Crippen molar-refractivity contribution < 1.29 is 14.3 Å². The predicted octanol–water partition coefficient (Wildman–Crippen LogP) is 5.93. The van der Waals surface area contributed by atoms with Gasteiger partial charge in [-0.2, -0.15) is 0 Å². The van der Waals surface area contributed by atoms with Crippen molar-refractivity contribution in [3.63, 3.8) is 0 Å². The van der Waals surface area contributed by atoms with Crippen molar-refractivity contribution in [2.75, 3.05) is 12.4 Å². The molecule has 0 aliphatic carbocycles. The van der Waals surface area contributed by atoms with Gasteiger partial charge in [0.2, 0.25) is 0 Å². The van der Waals surface area contributed by atoms with Crippen molar-refractivity contribution in [1.29, 1.82) is 0 Å². The van der Waals surface area contributed by atoms with Gasteiger partial charge in [-0.3, -0.25) is 4.79 Å². The lowest BCUT2D eigenvalue weighted by Gasteiger charge is -2.12. The minimum Gasteiger partial charge on any atom is -0.465 e. The number of fused-ring (bicyclic) bond motifs is 1. The lowest BCUT2D eigenvalue weighted by Crippen LogP contribution is -2.15. The second-order valence-corrected chi connectivity index (χ2v) is 8.69. The van der Waals surface area contributed by atoms with E-state index in [1.807, 2.05) is 63.2 Å². The van der Waals surface area contributed by atoms with E-state index >= 15 is 0 Å². The van der Waals surface area contributed by atoms with Gasteiger partial charge in [0.05, 0.1) is 29.4 Å². The minimum atomic E-state index is -0.476. The normalized spacial score (nSPS) is 10.8. The lowest BCUT2D eigenvalue weighted by atomic mass is 10.0. The first-order valence-corrected chi connectivity index (χ1v) is 10.7. The van der Waals surface area contributed by atoms with E-state index in [4.69, 9.17) is 9.72 Å². The Morgan fingerprint density at radius 2 is 1.71 bits per heavy atom. The molecule has 1 N–H and O–H groups in total. The summed E-state index contributed by atoms with van der Waals surface area (Å²) in [5.74, 6) is -0.770. The summed E-state index contributed by atoms with van der Waals surface area (Å²) < 4.78 is 4.86. The molecular weight excluding hydrogens is 408 g/mol. The molecule has 0 bridgehead atoms. The number of carbonyl (C=O) groups excluding carboxylic acids is 2. The Morgan fingerprint density at radius 3 is 2.42 bits per heavy atom. The Labute approximate surface area is 184 Å². The van der Waals surface area contributed by atoms with E-state index in [1.54, 1.807) is 12.1 Å². The Balaban J connectivity index is 1.83. The molecule has 1 amide bonds. The quantitative estimate of drug-likeness (QED) is 0.408. The van der Waals surface area contributed by atoms with E-state index in [2.05, 4.69) is 5.32 Å². The number of methoxy groups -OCH3 is 1. The van der Waals surface area contributed by atoms with Crippen molar-refractivity contribution in [1.82, 2.24) is 4.98 Å². The number of nitrogens with zero attached hydrogens (tertiary/aromatic N) is 1. The zero-order valence-corrected chi connectivity index (χ0v) is 18.6. The summed E-state index contributed by atoms with van der Waals surface area (Å²) >= 11 is 1.34. The topological polar surface area (TPSA) is 68.3 Å². The van der Waals surface area contributed by atoms with Crippen LogP contribution >= 0.6 is 11.3 Å². The van der Waals surface area contributed by atoms with Crippen LogP contribution in [0.25, 0.3) is 22.2 Å². The summed E-state index contributed by atoms with van der Waals surface area (Å²) in [7, 11) is 1.33. The van der Waals surface area contributed by atoms with Crippen LogP contribution in [0.1, 0.15) is 36.7 Å². The monoisotopic (exact) mass is 430 g/mol. The van der Waals surface area contributed by atoms with Gasteiger partial charge in [-0.25, -0.2) is 9.78 Å². The number of rotatable bonds is 4. The fourth-order valence-corrected chi connectivity index (χ4v) is 4.39. The Bertz CT molecular complexity index is 1310. The fourth-order valence-electron chi connectivity index (χ4n) is 3.49. The summed E-state index contributed by atoms with van der Waals surface area (Å²) in [4.78, 5) is 31.2. The molecule has 156 valence electrons. The minimum absolute atomic E-state index is 0.293. The largest absolute Gasteiger partial charge is 0.465 e. The summed E-state index contributed by atoms with van der Waals surface area (Å²) in [6.45, 7) is 5.89. The molecule has 2 aromatic carbocycles. The van der Waals surface area contributed by atoms with E-state index in [0.29, 0.717) is 16.1 Å². The van der Waals surface area contributed by atoms with Crippen molar-refractivity contribution in [2.24, 2.45) is 0 Å². The number of anilines is 1. The first-order chi connectivity index (χ1) is 14.9. The van der Waals surface area contributed by atoms with Crippen LogP contribution in [0.2, 0.25) is 0 Å². The zero-order chi connectivity index (χ0) is 22.1. The van der Waals surface area contributed by atoms with Crippen molar-refractivity contribution in [2.45, 2.75) is 20.8 Å². The number of nitrogens with one attached hydrogen (secondary N) is 1. The molecule has 2 heterocycles. The van der Waals surface area contributed by atoms with Crippen LogP contribution in [0, 0.1) is 20.8 Å². The highest BCUT2D eigenvalue weighted by Crippen LogP contribution is 2.31. The van der Waals surface area contributed by atoms with Gasteiger partial charge in [0.1, 0.15) is 5.00 Å². The average molecular weight is 431 g/mol. The highest BCUT2D eigenvalue weighted by atomic mass is 32.1. The van der Waals surface area contributed by atoms with E-state index in [9.17, 15) is 9.59 Å². The number of thiophene rings is 1. The van der Waals surface area contributed by atoms with Crippen LogP contribution in [0.4, 0.5) is 5.00 Å². The van der Waals surface area contributed by atoms with E-state index in [0.717, 1.165) is 38.2 Å². The molecule has 0 fully saturated rings. The van der Waals surface area contributed by atoms with Gasteiger partial charge in [-0.1, -0.05) is 48.0 Å². The number of pyridine rings is 1. The van der Waals surface area contributed by atoms with Gasteiger partial charge < -0.3 is 10.1 Å². The number of aromatic nitrogens is 1. The molecule has 0 spiro atoms. The summed E-state index contributed by atoms with van der Waals surface area (Å²) in [6.07, 6.45) is 0. The molecule has 2 aromatic heterocycles. The fraction of sp³-hybridized carbons (Fsp3) is 0.160. The third-order valence-electron chi connectivity index (χ3n) is 5.12. The first-order valence-electron chi connectivity index (χ1n) is 9.85. The standard InChI is InChI=1S/C25H22N2O3S/c1-14-8-10-17(11-9-14)21-13-19(18-7-5-6-15(2)22(18)26-21)23(28)27-24-20(25(29)30-4)12-16(3)31-24/h5-13H,1-4H3,(H,27,28). The summed E-state index contributed by atoms with van der Waals surface area (Å²) in [5.41, 5.74) is 5.44. The van der Waals surface area contributed by atoms with Crippen LogP contribution < -0.4 is 5.32 Å². The smallest absolute Gasteiger partial charge is 0.340 e. The number of carbonyl (C=O) groups is 2. The first kappa shape index (κ1) is 20.8. The van der Waals surface area contributed by atoms with Crippen LogP contribution in [0.3, 0.4) is 0 Å². The molecule has 6 heteroatoms. The molecule has 4 aromatic rings. The van der Waals surface area contributed by atoms with Gasteiger partial charge >= 0.3 is 5.97 Å². The second-order valence-electron chi connectivity index (χ2n) is 7.44. The number of ether oxygens (including phenoxy) is 1. The molecule has 4 rings (SSSR count). The van der Waals surface area contributed by atoms with Crippen molar-refractivity contribution >= 4 is 39.1 Å². The lowest BCUT2D eigenvalue weighted by molar-refractivity contribution is 0.0602. The molecule has 0 unspecified atom stereocenters. The maximum atomic E-state index is 13.4. The number of benzene rings is 2. The van der Waals surface area contributed by atoms with E-state index in [1.165, 1.54) is 18.4 Å². The van der Waals surface area contributed by atoms with Crippen LogP contribution in [-0.2, 0) is 4.74 Å². The molecule has 0 radical (unpaired) electrons.